The first-order valence-electron chi connectivity index (χ1n) is 6.61. The summed E-state index contributed by atoms with van der Waals surface area (Å²) < 4.78 is 4.98. The Morgan fingerprint density at radius 2 is 1.96 bits per heavy atom. The summed E-state index contributed by atoms with van der Waals surface area (Å²) in [6.07, 6.45) is 0. The lowest BCUT2D eigenvalue weighted by Crippen LogP contribution is -2.35. The highest BCUT2D eigenvalue weighted by molar-refractivity contribution is 6.08. The minimum absolute atomic E-state index is 0.0968. The number of carbonyl (C=O) groups excluding carboxylic acids is 2. The molecule has 0 fully saturated rings. The molecule has 23 heavy (non-hydrogen) atoms. The SMILES string of the molecule is COc1cc([C@H]2C(C(C)=O)=C(O)C(=O)N2CC(=O)O)ccc1O. The van der Waals surface area contributed by atoms with Crippen LogP contribution in [0.25, 0.3) is 0 Å². The van der Waals surface area contributed by atoms with Gasteiger partial charge in [0, 0.05) is 0 Å². The Morgan fingerprint density at radius 1 is 1.30 bits per heavy atom. The van der Waals surface area contributed by atoms with Crippen LogP contribution < -0.4 is 4.74 Å². The molecule has 0 radical (unpaired) electrons. The number of methoxy groups -OCH3 is 1. The van der Waals surface area contributed by atoms with E-state index in [-0.39, 0.29) is 17.1 Å². The molecule has 0 unspecified atom stereocenters. The number of phenols is 1. The number of hydrogen-bond acceptors (Lipinski definition) is 6. The van der Waals surface area contributed by atoms with Crippen molar-refractivity contribution in [2.45, 2.75) is 13.0 Å². The van der Waals surface area contributed by atoms with E-state index in [1.807, 2.05) is 0 Å². The predicted octanol–water partition coefficient (Wildman–Crippen LogP) is 0.770. The molecule has 8 heteroatoms. The third kappa shape index (κ3) is 2.83. The van der Waals surface area contributed by atoms with Gasteiger partial charge >= 0.3 is 5.97 Å². The molecule has 0 saturated heterocycles. The van der Waals surface area contributed by atoms with E-state index in [9.17, 15) is 24.6 Å². The van der Waals surface area contributed by atoms with Crippen LogP contribution in [-0.2, 0) is 14.4 Å². The largest absolute Gasteiger partial charge is 0.504 e. The quantitative estimate of drug-likeness (QED) is 0.731. The van der Waals surface area contributed by atoms with Crippen molar-refractivity contribution in [1.29, 1.82) is 0 Å². The van der Waals surface area contributed by atoms with Gasteiger partial charge < -0.3 is 25.0 Å². The summed E-state index contributed by atoms with van der Waals surface area (Å²) in [7, 11) is 1.33. The van der Waals surface area contributed by atoms with Crippen LogP contribution in [0.4, 0.5) is 0 Å². The van der Waals surface area contributed by atoms with Crippen molar-refractivity contribution < 1.29 is 34.4 Å². The molecule has 122 valence electrons. The summed E-state index contributed by atoms with van der Waals surface area (Å²) in [5.74, 6) is -3.60. The number of carboxylic acids is 1. The topological polar surface area (TPSA) is 124 Å². The van der Waals surface area contributed by atoms with Gasteiger partial charge in [-0.05, 0) is 24.6 Å². The summed E-state index contributed by atoms with van der Waals surface area (Å²) in [6.45, 7) is 0.487. The fourth-order valence-corrected chi connectivity index (χ4v) is 2.53. The Kier molecular flexibility index (Phi) is 4.26. The average molecular weight is 321 g/mol. The molecule has 2 rings (SSSR count). The van der Waals surface area contributed by atoms with Crippen molar-refractivity contribution in [3.8, 4) is 11.5 Å². The number of rotatable bonds is 5. The molecule has 1 heterocycles. The van der Waals surface area contributed by atoms with E-state index in [2.05, 4.69) is 0 Å². The number of phenolic OH excluding ortho intramolecular Hbond substituents is 1. The second kappa shape index (κ2) is 5.99. The lowest BCUT2D eigenvalue weighted by molar-refractivity contribution is -0.144. The fraction of sp³-hybridized carbons (Fsp3) is 0.267. The number of Topliss-reactive ketones (excluding diaryl/α,β-unsaturated/α-hetero) is 1. The van der Waals surface area contributed by atoms with Crippen molar-refractivity contribution in [3.05, 3.63) is 35.1 Å². The number of aliphatic hydroxyl groups excluding tert-OH is 1. The van der Waals surface area contributed by atoms with Crippen molar-refractivity contribution in [1.82, 2.24) is 4.90 Å². The van der Waals surface area contributed by atoms with Gasteiger partial charge in [-0.3, -0.25) is 14.4 Å². The number of carbonyl (C=O) groups is 3. The van der Waals surface area contributed by atoms with Gasteiger partial charge in [-0.1, -0.05) is 6.07 Å². The van der Waals surface area contributed by atoms with E-state index < -0.39 is 36.0 Å². The van der Waals surface area contributed by atoms with Gasteiger partial charge in [0.05, 0.1) is 18.7 Å². The van der Waals surface area contributed by atoms with Crippen LogP contribution >= 0.6 is 0 Å². The van der Waals surface area contributed by atoms with E-state index in [1.165, 1.54) is 32.2 Å². The molecule has 1 atom stereocenters. The summed E-state index contributed by atoms with van der Waals surface area (Å²) >= 11 is 0. The van der Waals surface area contributed by atoms with Gasteiger partial charge in [0.1, 0.15) is 6.54 Å². The molecule has 0 aromatic heterocycles. The number of ether oxygens (including phenoxy) is 1. The molecule has 0 aliphatic carbocycles. The van der Waals surface area contributed by atoms with Gasteiger partial charge in [-0.25, -0.2) is 0 Å². The van der Waals surface area contributed by atoms with Crippen molar-refractivity contribution in [2.75, 3.05) is 13.7 Å². The highest BCUT2D eigenvalue weighted by Crippen LogP contribution is 2.40. The molecule has 0 saturated carbocycles. The lowest BCUT2D eigenvalue weighted by atomic mass is 9.96. The Morgan fingerprint density at radius 3 is 2.48 bits per heavy atom. The van der Waals surface area contributed by atoms with E-state index in [0.29, 0.717) is 5.56 Å². The number of benzene rings is 1. The number of aliphatic hydroxyl groups is 1. The van der Waals surface area contributed by atoms with Crippen LogP contribution in [0.1, 0.15) is 18.5 Å². The smallest absolute Gasteiger partial charge is 0.323 e. The Bertz CT molecular complexity index is 723. The van der Waals surface area contributed by atoms with Gasteiger partial charge in [0.2, 0.25) is 0 Å². The highest BCUT2D eigenvalue weighted by atomic mass is 16.5. The van der Waals surface area contributed by atoms with E-state index >= 15 is 0 Å². The van der Waals surface area contributed by atoms with Crippen molar-refractivity contribution >= 4 is 17.7 Å². The van der Waals surface area contributed by atoms with E-state index in [0.717, 1.165) is 4.90 Å². The molecule has 1 aromatic rings. The molecular formula is C15H15NO7. The number of carboxylic acid groups (broad SMARTS) is 1. The van der Waals surface area contributed by atoms with Crippen LogP contribution in [0.15, 0.2) is 29.5 Å². The second-order valence-corrected chi connectivity index (χ2v) is 4.98. The van der Waals surface area contributed by atoms with Gasteiger partial charge in [0.25, 0.3) is 5.91 Å². The third-order valence-electron chi connectivity index (χ3n) is 3.51. The summed E-state index contributed by atoms with van der Waals surface area (Å²) in [6, 6.07) is 3.03. The zero-order valence-corrected chi connectivity index (χ0v) is 12.4. The zero-order chi connectivity index (χ0) is 17.3. The zero-order valence-electron chi connectivity index (χ0n) is 12.4. The summed E-state index contributed by atoms with van der Waals surface area (Å²) in [4.78, 5) is 35.8. The lowest BCUT2D eigenvalue weighted by Gasteiger charge is -2.25. The molecule has 1 aliphatic rings. The normalized spacial score (nSPS) is 17.6. The Labute approximate surface area is 131 Å². The molecule has 1 aromatic carbocycles. The number of aromatic hydroxyl groups is 1. The van der Waals surface area contributed by atoms with Crippen LogP contribution in [-0.4, -0.2) is 51.5 Å². The molecule has 1 aliphatic heterocycles. The predicted molar refractivity (Wildman–Crippen MR) is 77.1 cm³/mol. The summed E-state index contributed by atoms with van der Waals surface area (Å²) in [5.41, 5.74) is 0.146. The first kappa shape index (κ1) is 16.3. The molecule has 0 spiro atoms. The van der Waals surface area contributed by atoms with Crippen LogP contribution in [0.3, 0.4) is 0 Å². The third-order valence-corrected chi connectivity index (χ3v) is 3.51. The maximum Gasteiger partial charge on any atom is 0.323 e. The fourth-order valence-electron chi connectivity index (χ4n) is 2.53. The number of nitrogens with zero attached hydrogens (tertiary/aromatic N) is 1. The monoisotopic (exact) mass is 321 g/mol. The average Bonchev–Trinajstić information content (AvgIpc) is 2.72. The minimum Gasteiger partial charge on any atom is -0.504 e. The Balaban J connectivity index is 2.59. The standard InChI is InChI=1S/C15H15NO7/c1-7(17)12-13(8-3-4-9(18)10(5-8)23-2)16(6-11(19)20)15(22)14(12)21/h3-5,13,18,21H,6H2,1-2H3,(H,19,20)/t13-/m0/s1. The second-order valence-electron chi connectivity index (χ2n) is 4.98. The Hall–Kier alpha value is -3.03. The summed E-state index contributed by atoms with van der Waals surface area (Å²) in [5, 5.41) is 28.5. The molecule has 0 bridgehead atoms. The van der Waals surface area contributed by atoms with Gasteiger partial charge in [-0.15, -0.1) is 0 Å². The van der Waals surface area contributed by atoms with Crippen molar-refractivity contribution in [3.63, 3.8) is 0 Å². The molecule has 3 N–H and O–H groups in total. The molecular weight excluding hydrogens is 306 g/mol. The van der Waals surface area contributed by atoms with Crippen molar-refractivity contribution in [2.24, 2.45) is 0 Å². The van der Waals surface area contributed by atoms with E-state index in [4.69, 9.17) is 9.84 Å². The number of aliphatic carboxylic acids is 1. The minimum atomic E-state index is -1.29. The number of ketones is 1. The first-order chi connectivity index (χ1) is 10.8. The highest BCUT2D eigenvalue weighted by Gasteiger charge is 2.43. The number of hydrogen-bond donors (Lipinski definition) is 3. The number of amides is 1. The van der Waals surface area contributed by atoms with Crippen LogP contribution in [0.5, 0.6) is 11.5 Å². The van der Waals surface area contributed by atoms with Gasteiger partial charge in [0.15, 0.2) is 23.0 Å². The molecule has 8 nitrogen and oxygen atoms in total. The van der Waals surface area contributed by atoms with Crippen LogP contribution in [0.2, 0.25) is 0 Å². The maximum absolute atomic E-state index is 12.1. The van der Waals surface area contributed by atoms with Gasteiger partial charge in [-0.2, -0.15) is 0 Å². The van der Waals surface area contributed by atoms with E-state index in [1.54, 1.807) is 0 Å². The molecule has 1 amide bonds. The maximum atomic E-state index is 12.1. The first-order valence-corrected chi connectivity index (χ1v) is 6.61. The van der Waals surface area contributed by atoms with Crippen LogP contribution in [0, 0.1) is 0 Å².